The number of carbonyl (C=O) groups is 1. The van der Waals surface area contributed by atoms with Crippen LogP contribution in [0.5, 0.6) is 0 Å². The van der Waals surface area contributed by atoms with Gasteiger partial charge in [-0.05, 0) is 43.5 Å². The predicted octanol–water partition coefficient (Wildman–Crippen LogP) is 3.62. The molecule has 1 atom stereocenters. The fourth-order valence-electron chi connectivity index (χ4n) is 3.80. The van der Waals surface area contributed by atoms with E-state index in [9.17, 15) is 4.79 Å². The van der Waals surface area contributed by atoms with Crippen LogP contribution in [0, 0.1) is 6.92 Å². The molecule has 5 nitrogen and oxygen atoms in total. The van der Waals surface area contributed by atoms with Gasteiger partial charge in [-0.2, -0.15) is 0 Å². The second-order valence-electron chi connectivity index (χ2n) is 7.18. The number of nitrogens with zero attached hydrogens (tertiary/aromatic N) is 2. The maximum absolute atomic E-state index is 13.2. The number of hydrogen-bond donors (Lipinski definition) is 1. The molecule has 27 heavy (non-hydrogen) atoms. The van der Waals surface area contributed by atoms with E-state index in [1.54, 1.807) is 6.20 Å². The molecule has 3 heterocycles. The van der Waals surface area contributed by atoms with E-state index in [0.717, 1.165) is 47.3 Å². The zero-order valence-electron chi connectivity index (χ0n) is 15.6. The van der Waals surface area contributed by atoms with Gasteiger partial charge in [-0.1, -0.05) is 24.3 Å². The molecule has 1 fully saturated rings. The maximum atomic E-state index is 13.2. The molecule has 2 aromatic heterocycles. The topological polar surface area (TPSA) is 58.2 Å². The molecule has 0 aliphatic carbocycles. The van der Waals surface area contributed by atoms with E-state index in [1.807, 2.05) is 48.2 Å². The monoisotopic (exact) mass is 363 g/mol. The summed E-state index contributed by atoms with van der Waals surface area (Å²) in [5.41, 5.74) is 4.11. The van der Waals surface area contributed by atoms with Crippen LogP contribution >= 0.6 is 0 Å². The molecule has 1 amide bonds. The SMILES string of the molecule is Cc1[nH]c2ccccc2c1CC(=O)N(Cc1ccccn1)C[C@H]1CCCO1. The molecular weight excluding hydrogens is 338 g/mol. The Morgan fingerprint density at radius 1 is 1.26 bits per heavy atom. The van der Waals surface area contributed by atoms with Crippen molar-refractivity contribution in [2.24, 2.45) is 0 Å². The van der Waals surface area contributed by atoms with Crippen molar-refractivity contribution >= 4 is 16.8 Å². The molecule has 3 aromatic rings. The fourth-order valence-corrected chi connectivity index (χ4v) is 3.80. The number of aromatic nitrogens is 2. The molecule has 5 heteroatoms. The van der Waals surface area contributed by atoms with Crippen molar-refractivity contribution in [3.63, 3.8) is 0 Å². The lowest BCUT2D eigenvalue weighted by Crippen LogP contribution is -2.38. The summed E-state index contributed by atoms with van der Waals surface area (Å²) in [7, 11) is 0. The number of nitrogens with one attached hydrogen (secondary N) is 1. The van der Waals surface area contributed by atoms with Gasteiger partial charge in [0.1, 0.15) is 0 Å². The lowest BCUT2D eigenvalue weighted by Gasteiger charge is -2.25. The maximum Gasteiger partial charge on any atom is 0.227 e. The van der Waals surface area contributed by atoms with Gasteiger partial charge in [0.25, 0.3) is 0 Å². The van der Waals surface area contributed by atoms with E-state index in [0.29, 0.717) is 19.5 Å². The first-order valence-corrected chi connectivity index (χ1v) is 9.56. The number of hydrogen-bond acceptors (Lipinski definition) is 3. The molecule has 0 spiro atoms. The van der Waals surface area contributed by atoms with Crippen LogP contribution in [0.25, 0.3) is 10.9 Å². The molecule has 0 unspecified atom stereocenters. The van der Waals surface area contributed by atoms with E-state index in [-0.39, 0.29) is 12.0 Å². The molecular formula is C22H25N3O2. The van der Waals surface area contributed by atoms with Gasteiger partial charge in [-0.25, -0.2) is 0 Å². The highest BCUT2D eigenvalue weighted by atomic mass is 16.5. The molecule has 1 aliphatic heterocycles. The first kappa shape index (κ1) is 17.7. The molecule has 0 saturated carbocycles. The summed E-state index contributed by atoms with van der Waals surface area (Å²) in [5.74, 6) is 0.115. The number of rotatable bonds is 6. The Morgan fingerprint density at radius 3 is 2.89 bits per heavy atom. The largest absolute Gasteiger partial charge is 0.376 e. The Bertz CT molecular complexity index is 914. The Kier molecular flexibility index (Phi) is 5.21. The van der Waals surface area contributed by atoms with E-state index >= 15 is 0 Å². The summed E-state index contributed by atoms with van der Waals surface area (Å²) in [5, 5.41) is 1.12. The average Bonchev–Trinajstić information content (AvgIpc) is 3.30. The van der Waals surface area contributed by atoms with Crippen molar-refractivity contribution in [2.45, 2.75) is 38.8 Å². The highest BCUT2D eigenvalue weighted by molar-refractivity contribution is 5.90. The zero-order chi connectivity index (χ0) is 18.6. The number of pyridine rings is 1. The second kappa shape index (κ2) is 7.92. The number of H-pyrrole nitrogens is 1. The van der Waals surface area contributed by atoms with Gasteiger partial charge >= 0.3 is 0 Å². The zero-order valence-corrected chi connectivity index (χ0v) is 15.6. The lowest BCUT2D eigenvalue weighted by molar-refractivity contribution is -0.132. The number of amides is 1. The first-order chi connectivity index (χ1) is 13.2. The Morgan fingerprint density at radius 2 is 2.11 bits per heavy atom. The Hall–Kier alpha value is -2.66. The number of ether oxygens (including phenoxy) is 1. The normalized spacial score (nSPS) is 16.7. The molecule has 140 valence electrons. The smallest absolute Gasteiger partial charge is 0.227 e. The highest BCUT2D eigenvalue weighted by Crippen LogP contribution is 2.23. The third-order valence-electron chi connectivity index (χ3n) is 5.23. The number of aryl methyl sites for hydroxylation is 1. The van der Waals surface area contributed by atoms with Crippen molar-refractivity contribution in [2.75, 3.05) is 13.2 Å². The van der Waals surface area contributed by atoms with Gasteiger partial charge in [-0.3, -0.25) is 9.78 Å². The van der Waals surface area contributed by atoms with Crippen LogP contribution in [0.1, 0.15) is 29.8 Å². The Balaban J connectivity index is 1.56. The number of benzene rings is 1. The van der Waals surface area contributed by atoms with Crippen molar-refractivity contribution < 1.29 is 9.53 Å². The highest BCUT2D eigenvalue weighted by Gasteiger charge is 2.24. The van der Waals surface area contributed by atoms with Crippen molar-refractivity contribution in [3.8, 4) is 0 Å². The van der Waals surface area contributed by atoms with Crippen LogP contribution in [0.15, 0.2) is 48.7 Å². The van der Waals surface area contributed by atoms with Gasteiger partial charge < -0.3 is 14.6 Å². The molecule has 0 bridgehead atoms. The number of fused-ring (bicyclic) bond motifs is 1. The third kappa shape index (κ3) is 4.03. The molecule has 4 rings (SSSR count). The summed E-state index contributed by atoms with van der Waals surface area (Å²) in [6.45, 7) is 3.96. The molecule has 1 aromatic carbocycles. The summed E-state index contributed by atoms with van der Waals surface area (Å²) in [6, 6.07) is 14.0. The quantitative estimate of drug-likeness (QED) is 0.728. The van der Waals surface area contributed by atoms with Crippen LogP contribution in [-0.4, -0.2) is 40.0 Å². The van der Waals surface area contributed by atoms with E-state index < -0.39 is 0 Å². The first-order valence-electron chi connectivity index (χ1n) is 9.56. The van der Waals surface area contributed by atoms with Gasteiger partial charge in [-0.15, -0.1) is 0 Å². The minimum Gasteiger partial charge on any atom is -0.376 e. The van der Waals surface area contributed by atoms with E-state index in [4.69, 9.17) is 4.74 Å². The van der Waals surface area contributed by atoms with Gasteiger partial charge in [0.05, 0.1) is 24.8 Å². The molecule has 1 N–H and O–H groups in total. The van der Waals surface area contributed by atoms with E-state index in [2.05, 4.69) is 16.0 Å². The second-order valence-corrected chi connectivity index (χ2v) is 7.18. The van der Waals surface area contributed by atoms with Gasteiger partial charge in [0, 0.05) is 35.9 Å². The minimum absolute atomic E-state index is 0.115. The average molecular weight is 363 g/mol. The summed E-state index contributed by atoms with van der Waals surface area (Å²) in [4.78, 5) is 22.9. The minimum atomic E-state index is 0.115. The summed E-state index contributed by atoms with van der Waals surface area (Å²) in [6.07, 6.45) is 4.36. The van der Waals surface area contributed by atoms with Crippen LogP contribution in [0.2, 0.25) is 0 Å². The third-order valence-corrected chi connectivity index (χ3v) is 5.23. The summed E-state index contributed by atoms with van der Waals surface area (Å²) >= 11 is 0. The van der Waals surface area contributed by atoms with Crippen LogP contribution in [0.3, 0.4) is 0 Å². The van der Waals surface area contributed by atoms with Crippen molar-refractivity contribution in [1.82, 2.24) is 14.9 Å². The fraction of sp³-hybridized carbons (Fsp3) is 0.364. The van der Waals surface area contributed by atoms with Crippen molar-refractivity contribution in [1.29, 1.82) is 0 Å². The van der Waals surface area contributed by atoms with E-state index in [1.165, 1.54) is 0 Å². The number of carbonyl (C=O) groups excluding carboxylic acids is 1. The molecule has 0 radical (unpaired) electrons. The van der Waals surface area contributed by atoms with Gasteiger partial charge in [0.2, 0.25) is 5.91 Å². The van der Waals surface area contributed by atoms with Crippen LogP contribution in [-0.2, 0) is 22.5 Å². The lowest BCUT2D eigenvalue weighted by atomic mass is 10.1. The van der Waals surface area contributed by atoms with Crippen LogP contribution in [0.4, 0.5) is 0 Å². The molecule has 1 aliphatic rings. The van der Waals surface area contributed by atoms with Gasteiger partial charge in [0.15, 0.2) is 0 Å². The summed E-state index contributed by atoms with van der Waals surface area (Å²) < 4.78 is 5.78. The molecule has 1 saturated heterocycles. The standard InChI is InChI=1S/C22H25N3O2/c1-16-20(19-9-2-3-10-21(19)24-16)13-22(26)25(15-18-8-6-12-27-18)14-17-7-4-5-11-23-17/h2-5,7,9-11,18,24H,6,8,12-15H2,1H3/t18-/m1/s1. The Labute approximate surface area is 159 Å². The number of para-hydroxylation sites is 1. The number of aromatic amines is 1. The predicted molar refractivity (Wildman–Crippen MR) is 105 cm³/mol. The van der Waals surface area contributed by atoms with Crippen molar-refractivity contribution in [3.05, 3.63) is 65.6 Å². The van der Waals surface area contributed by atoms with Crippen LogP contribution < -0.4 is 0 Å².